The van der Waals surface area contributed by atoms with Gasteiger partial charge in [0.25, 0.3) is 0 Å². The van der Waals surface area contributed by atoms with E-state index < -0.39 is 10.7 Å². The molecule has 8 nitrogen and oxygen atoms in total. The fraction of sp³-hybridized carbons (Fsp3) is 0. The molecule has 0 atom stereocenters. The Morgan fingerprint density at radius 3 is 2.67 bits per heavy atom. The summed E-state index contributed by atoms with van der Waals surface area (Å²) in [5.74, 6) is 0.138. The molecule has 0 saturated heterocycles. The van der Waals surface area contributed by atoms with Gasteiger partial charge in [0.05, 0.1) is 20.8 Å². The van der Waals surface area contributed by atoms with Crippen LogP contribution in [0.25, 0.3) is 22.1 Å². The smallest absolute Gasteiger partial charge is 0.312 e. The number of halogens is 2. The fourth-order valence-electron chi connectivity index (χ4n) is 3.07. The SMILES string of the molecule is O=[N+]([O-])c1cc2c(Nc3ccc(F)c(Cl)c3)ncnc2cc1Oc1cc2ccc1o2. The molecule has 148 valence electrons. The first-order valence-electron chi connectivity index (χ1n) is 8.63. The van der Waals surface area contributed by atoms with Crippen LogP contribution in [0.4, 0.5) is 21.6 Å². The van der Waals surface area contributed by atoms with Gasteiger partial charge in [-0.05, 0) is 30.3 Å². The average Bonchev–Trinajstić information content (AvgIpc) is 3.33. The van der Waals surface area contributed by atoms with Gasteiger partial charge in [-0.15, -0.1) is 0 Å². The summed E-state index contributed by atoms with van der Waals surface area (Å²) in [5.41, 5.74) is 1.71. The molecule has 0 spiro atoms. The Labute approximate surface area is 172 Å². The van der Waals surface area contributed by atoms with Gasteiger partial charge in [0.15, 0.2) is 11.3 Å². The van der Waals surface area contributed by atoms with Gasteiger partial charge in [0.2, 0.25) is 5.75 Å². The highest BCUT2D eigenvalue weighted by Crippen LogP contribution is 2.40. The molecule has 3 heterocycles. The van der Waals surface area contributed by atoms with Gasteiger partial charge >= 0.3 is 5.69 Å². The Kier molecular flexibility index (Phi) is 4.11. The van der Waals surface area contributed by atoms with Crippen molar-refractivity contribution in [3.63, 3.8) is 0 Å². The van der Waals surface area contributed by atoms with Crippen molar-refractivity contribution in [3.05, 3.63) is 75.8 Å². The first-order chi connectivity index (χ1) is 14.5. The molecule has 0 fully saturated rings. The second kappa shape index (κ2) is 6.82. The Morgan fingerprint density at radius 2 is 1.97 bits per heavy atom. The minimum atomic E-state index is -0.558. The van der Waals surface area contributed by atoms with Crippen LogP contribution in [-0.2, 0) is 0 Å². The highest BCUT2D eigenvalue weighted by atomic mass is 35.5. The van der Waals surface area contributed by atoms with Crippen LogP contribution in [0.2, 0.25) is 5.02 Å². The topological polar surface area (TPSA) is 103 Å². The zero-order valence-corrected chi connectivity index (χ0v) is 15.7. The predicted octanol–water partition coefficient (Wildman–Crippen LogP) is 6.05. The van der Waals surface area contributed by atoms with Crippen LogP contribution in [0.5, 0.6) is 11.5 Å². The molecule has 2 bridgehead atoms. The number of nitrogens with zero attached hydrogens (tertiary/aromatic N) is 3. The highest BCUT2D eigenvalue weighted by Gasteiger charge is 2.22. The van der Waals surface area contributed by atoms with E-state index >= 15 is 0 Å². The summed E-state index contributed by atoms with van der Waals surface area (Å²) in [6, 6.07) is 12.0. The first kappa shape index (κ1) is 18.1. The number of fused-ring (bicyclic) bond motifs is 3. The van der Waals surface area contributed by atoms with Gasteiger partial charge in [-0.25, -0.2) is 14.4 Å². The van der Waals surface area contributed by atoms with Gasteiger partial charge < -0.3 is 14.5 Å². The Hall–Kier alpha value is -3.98. The summed E-state index contributed by atoms with van der Waals surface area (Å²) in [7, 11) is 0. The highest BCUT2D eigenvalue weighted by molar-refractivity contribution is 6.31. The van der Waals surface area contributed by atoms with Crippen molar-refractivity contribution >= 4 is 50.9 Å². The molecule has 0 radical (unpaired) electrons. The molecule has 0 aliphatic rings. The molecule has 0 saturated carbocycles. The lowest BCUT2D eigenvalue weighted by Gasteiger charge is -2.11. The Bertz CT molecular complexity index is 1420. The lowest BCUT2D eigenvalue weighted by Crippen LogP contribution is -1.99. The Balaban J connectivity index is 1.58. The third-order valence-corrected chi connectivity index (χ3v) is 4.75. The van der Waals surface area contributed by atoms with Crippen molar-refractivity contribution < 1.29 is 18.5 Å². The summed E-state index contributed by atoms with van der Waals surface area (Å²) >= 11 is 5.82. The minimum Gasteiger partial charge on any atom is -0.453 e. The maximum Gasteiger partial charge on any atom is 0.312 e. The molecule has 30 heavy (non-hydrogen) atoms. The van der Waals surface area contributed by atoms with Crippen LogP contribution in [0.3, 0.4) is 0 Å². The van der Waals surface area contributed by atoms with E-state index in [2.05, 4.69) is 15.3 Å². The number of hydrogen-bond donors (Lipinski definition) is 1. The average molecular weight is 425 g/mol. The molecule has 10 heteroatoms. The summed E-state index contributed by atoms with van der Waals surface area (Å²) in [5, 5.41) is 15.0. The predicted molar refractivity (Wildman–Crippen MR) is 108 cm³/mol. The second-order valence-electron chi connectivity index (χ2n) is 6.38. The first-order valence-corrected chi connectivity index (χ1v) is 9.01. The molecule has 0 amide bonds. The van der Waals surface area contributed by atoms with Crippen molar-refractivity contribution in [2.45, 2.75) is 0 Å². The summed E-state index contributed by atoms with van der Waals surface area (Å²) in [4.78, 5) is 19.5. The van der Waals surface area contributed by atoms with E-state index in [9.17, 15) is 14.5 Å². The lowest BCUT2D eigenvalue weighted by molar-refractivity contribution is -0.385. The zero-order chi connectivity index (χ0) is 20.8. The van der Waals surface area contributed by atoms with Crippen LogP contribution in [0, 0.1) is 15.9 Å². The molecule has 0 aliphatic carbocycles. The van der Waals surface area contributed by atoms with Crippen LogP contribution in [-0.4, -0.2) is 14.9 Å². The molecule has 0 aliphatic heterocycles. The second-order valence-corrected chi connectivity index (χ2v) is 6.79. The van der Waals surface area contributed by atoms with Crippen molar-refractivity contribution in [1.29, 1.82) is 0 Å². The normalized spacial score (nSPS) is 11.3. The molecule has 0 unspecified atom stereocenters. The van der Waals surface area contributed by atoms with Gasteiger partial charge in [-0.3, -0.25) is 10.1 Å². The van der Waals surface area contributed by atoms with Crippen molar-refractivity contribution in [3.8, 4) is 11.5 Å². The fourth-order valence-corrected chi connectivity index (χ4v) is 3.25. The van der Waals surface area contributed by atoms with Crippen molar-refractivity contribution in [2.24, 2.45) is 0 Å². The van der Waals surface area contributed by atoms with Crippen LogP contribution in [0.1, 0.15) is 0 Å². The number of ether oxygens (including phenoxy) is 1. The molecule has 2 aromatic carbocycles. The standard InChI is InChI=1S/C20H10ClFN4O4/c21-13-5-10(1-3-14(13)22)25-20-12-7-16(26(27)28)18(8-15(12)23-9-24-20)30-19-6-11-2-4-17(19)29-11/h1-9H,(H,23,24,25). The minimum absolute atomic E-state index is 0.0193. The number of hydrogen-bond acceptors (Lipinski definition) is 7. The summed E-state index contributed by atoms with van der Waals surface area (Å²) in [6.07, 6.45) is 1.30. The monoisotopic (exact) mass is 424 g/mol. The van der Waals surface area contributed by atoms with E-state index in [0.29, 0.717) is 39.3 Å². The molecular formula is C20H10ClFN4O4. The largest absolute Gasteiger partial charge is 0.453 e. The van der Waals surface area contributed by atoms with Gasteiger partial charge in [-0.1, -0.05) is 11.6 Å². The lowest BCUT2D eigenvalue weighted by atomic mass is 10.2. The maximum atomic E-state index is 13.4. The van der Waals surface area contributed by atoms with E-state index in [1.54, 1.807) is 18.2 Å². The third kappa shape index (κ3) is 3.11. The number of benzene rings is 3. The Morgan fingerprint density at radius 1 is 1.10 bits per heavy atom. The third-order valence-electron chi connectivity index (χ3n) is 4.46. The van der Waals surface area contributed by atoms with Gasteiger partial charge in [0.1, 0.15) is 23.5 Å². The molecule has 5 aromatic rings. The van der Waals surface area contributed by atoms with E-state index in [4.69, 9.17) is 20.8 Å². The number of rotatable bonds is 5. The molecular weight excluding hydrogens is 415 g/mol. The van der Waals surface area contributed by atoms with Crippen LogP contribution in [0.15, 0.2) is 59.3 Å². The van der Waals surface area contributed by atoms with Gasteiger partial charge in [0, 0.05) is 23.9 Å². The van der Waals surface area contributed by atoms with E-state index in [0.717, 1.165) is 0 Å². The summed E-state index contributed by atoms with van der Waals surface area (Å²) in [6.45, 7) is 0. The van der Waals surface area contributed by atoms with E-state index in [1.165, 1.54) is 36.7 Å². The maximum absolute atomic E-state index is 13.4. The number of nitrogens with one attached hydrogen (secondary N) is 1. The van der Waals surface area contributed by atoms with Crippen LogP contribution >= 0.6 is 11.6 Å². The quantitative estimate of drug-likeness (QED) is 0.270. The van der Waals surface area contributed by atoms with Crippen molar-refractivity contribution in [2.75, 3.05) is 5.32 Å². The number of furan rings is 2. The molecule has 3 aromatic heterocycles. The van der Waals surface area contributed by atoms with E-state index in [-0.39, 0.29) is 16.5 Å². The van der Waals surface area contributed by atoms with Crippen molar-refractivity contribution in [1.82, 2.24) is 9.97 Å². The van der Waals surface area contributed by atoms with Gasteiger partial charge in [-0.2, -0.15) is 0 Å². The summed E-state index contributed by atoms with van der Waals surface area (Å²) < 4.78 is 24.6. The van der Waals surface area contributed by atoms with E-state index in [1.807, 2.05) is 0 Å². The number of aromatic nitrogens is 2. The molecule has 5 rings (SSSR count). The number of nitro benzene ring substituents is 1. The molecule has 1 N–H and O–H groups in total. The van der Waals surface area contributed by atoms with Crippen LogP contribution < -0.4 is 10.1 Å². The zero-order valence-electron chi connectivity index (χ0n) is 14.9. The number of anilines is 2. The number of nitro groups is 1.